The van der Waals surface area contributed by atoms with Crippen molar-refractivity contribution < 1.29 is 14.1 Å². The van der Waals surface area contributed by atoms with Crippen molar-refractivity contribution in [1.82, 2.24) is 9.97 Å². The van der Waals surface area contributed by atoms with Gasteiger partial charge >= 0.3 is 5.69 Å². The fraction of sp³-hybridized carbons (Fsp3) is 0.167. The summed E-state index contributed by atoms with van der Waals surface area (Å²) < 4.78 is 18.8. The van der Waals surface area contributed by atoms with E-state index in [1.54, 1.807) is 0 Å². The molecule has 0 spiro atoms. The molecule has 0 saturated carbocycles. The average Bonchev–Trinajstić information content (AvgIpc) is 2.37. The van der Waals surface area contributed by atoms with Gasteiger partial charge in [-0.25, -0.2) is 4.98 Å². The minimum atomic E-state index is -0.983. The highest BCUT2D eigenvalue weighted by Crippen LogP contribution is 2.26. The van der Waals surface area contributed by atoms with Crippen LogP contribution in [0.15, 0.2) is 24.3 Å². The van der Waals surface area contributed by atoms with Crippen LogP contribution in [-0.4, -0.2) is 14.9 Å². The largest absolute Gasteiger partial charge is 0.439 e. The number of nitro groups is 1. The van der Waals surface area contributed by atoms with Gasteiger partial charge in [-0.1, -0.05) is 18.5 Å². The minimum Gasteiger partial charge on any atom is -0.439 e. The SMILES string of the molecule is CCc1nc(Cl)cc(Oc2ccc([N+](=O)[O-])c(F)c2)n1. The van der Waals surface area contributed by atoms with Crippen molar-refractivity contribution in [2.45, 2.75) is 13.3 Å². The van der Waals surface area contributed by atoms with Crippen molar-refractivity contribution in [3.05, 3.63) is 51.2 Å². The quantitative estimate of drug-likeness (QED) is 0.490. The number of nitro benzene ring substituents is 1. The molecule has 1 aromatic carbocycles. The first-order valence-corrected chi connectivity index (χ1v) is 6.02. The standard InChI is InChI=1S/C12H9ClFN3O3/c1-2-11-15-10(13)6-12(16-11)20-7-3-4-9(17(18)19)8(14)5-7/h3-6H,2H2,1H3. The number of nitrogens with zero attached hydrogens (tertiary/aromatic N) is 3. The number of aromatic nitrogens is 2. The number of aryl methyl sites for hydroxylation is 1. The molecule has 0 fully saturated rings. The Labute approximate surface area is 118 Å². The third-order valence-electron chi connectivity index (χ3n) is 2.37. The summed E-state index contributed by atoms with van der Waals surface area (Å²) in [6.45, 7) is 1.85. The number of hydrogen-bond acceptors (Lipinski definition) is 5. The van der Waals surface area contributed by atoms with Crippen LogP contribution in [0.4, 0.5) is 10.1 Å². The van der Waals surface area contributed by atoms with Crippen molar-refractivity contribution in [3.63, 3.8) is 0 Å². The molecule has 104 valence electrons. The van der Waals surface area contributed by atoms with Gasteiger partial charge in [-0.15, -0.1) is 0 Å². The van der Waals surface area contributed by atoms with Crippen LogP contribution < -0.4 is 4.74 Å². The Morgan fingerprint density at radius 3 is 2.75 bits per heavy atom. The van der Waals surface area contributed by atoms with Gasteiger partial charge in [0, 0.05) is 24.6 Å². The summed E-state index contributed by atoms with van der Waals surface area (Å²) >= 11 is 5.80. The highest BCUT2D eigenvalue weighted by molar-refractivity contribution is 6.29. The minimum absolute atomic E-state index is 0.0879. The lowest BCUT2D eigenvalue weighted by molar-refractivity contribution is -0.387. The normalized spacial score (nSPS) is 10.3. The van der Waals surface area contributed by atoms with Crippen LogP contribution in [0.3, 0.4) is 0 Å². The molecule has 0 unspecified atom stereocenters. The monoisotopic (exact) mass is 297 g/mol. The molecule has 0 amide bonds. The average molecular weight is 298 g/mol. The van der Waals surface area contributed by atoms with Gasteiger partial charge in [-0.3, -0.25) is 10.1 Å². The van der Waals surface area contributed by atoms with Gasteiger partial charge in [0.25, 0.3) is 0 Å². The van der Waals surface area contributed by atoms with E-state index in [4.69, 9.17) is 16.3 Å². The number of ether oxygens (including phenoxy) is 1. The molecule has 0 radical (unpaired) electrons. The first kappa shape index (κ1) is 14.1. The Balaban J connectivity index is 2.28. The molecule has 0 atom stereocenters. The van der Waals surface area contributed by atoms with Crippen LogP contribution in [0, 0.1) is 15.9 Å². The van der Waals surface area contributed by atoms with Gasteiger partial charge in [0.2, 0.25) is 11.7 Å². The lowest BCUT2D eigenvalue weighted by Crippen LogP contribution is -1.97. The zero-order valence-electron chi connectivity index (χ0n) is 10.3. The molecule has 2 aromatic rings. The molecule has 20 heavy (non-hydrogen) atoms. The highest BCUT2D eigenvalue weighted by Gasteiger charge is 2.15. The number of rotatable bonds is 4. The van der Waals surface area contributed by atoms with Gasteiger partial charge < -0.3 is 4.74 Å². The zero-order valence-corrected chi connectivity index (χ0v) is 11.1. The van der Waals surface area contributed by atoms with Crippen molar-refractivity contribution in [2.24, 2.45) is 0 Å². The highest BCUT2D eigenvalue weighted by atomic mass is 35.5. The van der Waals surface area contributed by atoms with E-state index in [1.165, 1.54) is 12.1 Å². The van der Waals surface area contributed by atoms with E-state index in [-0.39, 0.29) is 16.8 Å². The van der Waals surface area contributed by atoms with Gasteiger partial charge in [-0.05, 0) is 6.07 Å². The molecule has 6 nitrogen and oxygen atoms in total. The fourth-order valence-electron chi connectivity index (χ4n) is 1.47. The summed E-state index contributed by atoms with van der Waals surface area (Å²) in [5.41, 5.74) is -0.618. The van der Waals surface area contributed by atoms with Crippen LogP contribution in [0.25, 0.3) is 0 Å². The van der Waals surface area contributed by atoms with E-state index in [0.29, 0.717) is 12.2 Å². The van der Waals surface area contributed by atoms with Gasteiger partial charge in [0.1, 0.15) is 16.7 Å². The molecule has 0 aliphatic heterocycles. The maximum absolute atomic E-state index is 13.4. The Bertz CT molecular complexity index is 666. The zero-order chi connectivity index (χ0) is 14.7. The fourth-order valence-corrected chi connectivity index (χ4v) is 1.66. The molecule has 0 aliphatic carbocycles. The van der Waals surface area contributed by atoms with Crippen LogP contribution in [0.2, 0.25) is 5.15 Å². The molecule has 0 bridgehead atoms. The molecule has 1 heterocycles. The summed E-state index contributed by atoms with van der Waals surface area (Å²) in [4.78, 5) is 17.7. The molecular formula is C12H9ClFN3O3. The number of hydrogen-bond donors (Lipinski definition) is 0. The topological polar surface area (TPSA) is 78.2 Å². The first-order chi connectivity index (χ1) is 9.49. The Hall–Kier alpha value is -2.28. The summed E-state index contributed by atoms with van der Waals surface area (Å²) in [5, 5.41) is 10.7. The van der Waals surface area contributed by atoms with Crippen molar-refractivity contribution in [2.75, 3.05) is 0 Å². The predicted octanol–water partition coefficient (Wildman–Crippen LogP) is 3.53. The third kappa shape index (κ3) is 3.18. The first-order valence-electron chi connectivity index (χ1n) is 5.65. The summed E-state index contributed by atoms with van der Waals surface area (Å²) in [5.74, 6) is -0.265. The van der Waals surface area contributed by atoms with Crippen LogP contribution in [0.5, 0.6) is 11.6 Å². The van der Waals surface area contributed by atoms with E-state index < -0.39 is 16.4 Å². The summed E-state index contributed by atoms with van der Waals surface area (Å²) in [6.07, 6.45) is 0.561. The van der Waals surface area contributed by atoms with Crippen molar-refractivity contribution >= 4 is 17.3 Å². The van der Waals surface area contributed by atoms with Gasteiger partial charge in [0.05, 0.1) is 4.92 Å². The molecule has 0 aliphatic rings. The van der Waals surface area contributed by atoms with Crippen LogP contribution in [-0.2, 0) is 6.42 Å². The molecule has 0 N–H and O–H groups in total. The molecule has 8 heteroatoms. The second kappa shape index (κ2) is 5.79. The summed E-state index contributed by atoms with van der Waals surface area (Å²) in [7, 11) is 0. The Morgan fingerprint density at radius 2 is 2.15 bits per heavy atom. The molecular weight excluding hydrogens is 289 g/mol. The second-order valence-electron chi connectivity index (χ2n) is 3.77. The lowest BCUT2D eigenvalue weighted by Gasteiger charge is -2.06. The third-order valence-corrected chi connectivity index (χ3v) is 2.57. The van der Waals surface area contributed by atoms with E-state index >= 15 is 0 Å². The maximum atomic E-state index is 13.4. The van der Waals surface area contributed by atoms with E-state index in [1.807, 2.05) is 6.92 Å². The van der Waals surface area contributed by atoms with Crippen LogP contribution >= 0.6 is 11.6 Å². The smallest absolute Gasteiger partial charge is 0.305 e. The molecule has 0 saturated heterocycles. The Kier molecular flexibility index (Phi) is 4.09. The van der Waals surface area contributed by atoms with Gasteiger partial charge in [0.15, 0.2) is 0 Å². The lowest BCUT2D eigenvalue weighted by atomic mass is 10.3. The van der Waals surface area contributed by atoms with E-state index in [9.17, 15) is 14.5 Å². The van der Waals surface area contributed by atoms with Crippen molar-refractivity contribution in [3.8, 4) is 11.6 Å². The number of benzene rings is 1. The summed E-state index contributed by atoms with van der Waals surface area (Å²) in [6, 6.07) is 4.59. The van der Waals surface area contributed by atoms with E-state index in [2.05, 4.69) is 9.97 Å². The predicted molar refractivity (Wildman–Crippen MR) is 69.5 cm³/mol. The van der Waals surface area contributed by atoms with Crippen molar-refractivity contribution in [1.29, 1.82) is 0 Å². The molecule has 2 rings (SSSR count). The van der Waals surface area contributed by atoms with E-state index in [0.717, 1.165) is 12.1 Å². The maximum Gasteiger partial charge on any atom is 0.305 e. The second-order valence-corrected chi connectivity index (χ2v) is 4.16. The Morgan fingerprint density at radius 1 is 1.40 bits per heavy atom. The van der Waals surface area contributed by atoms with Gasteiger partial charge in [-0.2, -0.15) is 9.37 Å². The number of halogens is 2. The molecule has 1 aromatic heterocycles. The van der Waals surface area contributed by atoms with Crippen LogP contribution in [0.1, 0.15) is 12.7 Å².